The number of rotatable bonds is 1. The van der Waals surface area contributed by atoms with Gasteiger partial charge in [-0.3, -0.25) is 4.98 Å². The number of pyridine rings is 1. The van der Waals surface area contributed by atoms with E-state index in [4.69, 9.17) is 0 Å². The van der Waals surface area contributed by atoms with Gasteiger partial charge in [0, 0.05) is 6.20 Å². The Bertz CT molecular complexity index is 230. The molecule has 4 heteroatoms. The van der Waals surface area contributed by atoms with Crippen LogP contribution in [0, 0.1) is 0 Å². The quantitative estimate of drug-likeness (QED) is 0.586. The van der Waals surface area contributed by atoms with E-state index in [1.54, 1.807) is 18.3 Å². The molecule has 0 aromatic carbocycles. The summed E-state index contributed by atoms with van der Waals surface area (Å²) < 4.78 is 13.3. The van der Waals surface area contributed by atoms with E-state index >= 15 is 0 Å². The van der Waals surface area contributed by atoms with Gasteiger partial charge in [-0.1, -0.05) is 0 Å². The van der Waals surface area contributed by atoms with E-state index in [0.29, 0.717) is 5.69 Å². The molecular formula is C5H4N2OS. The van der Waals surface area contributed by atoms with Crippen LogP contribution in [0.4, 0.5) is 5.69 Å². The highest BCUT2D eigenvalue weighted by Gasteiger charge is 1.81. The Hall–Kier alpha value is -1.03. The Kier molecular flexibility index (Phi) is 2.09. The van der Waals surface area contributed by atoms with Crippen molar-refractivity contribution in [3.05, 3.63) is 24.5 Å². The van der Waals surface area contributed by atoms with Crippen LogP contribution < -0.4 is 0 Å². The third-order valence-electron chi connectivity index (χ3n) is 0.789. The van der Waals surface area contributed by atoms with Crippen LogP contribution in [0.1, 0.15) is 0 Å². The molecule has 0 atom stereocenters. The lowest BCUT2D eigenvalue weighted by Crippen LogP contribution is -1.65. The summed E-state index contributed by atoms with van der Waals surface area (Å²) in [5.74, 6) is 0. The third kappa shape index (κ3) is 1.73. The van der Waals surface area contributed by atoms with Gasteiger partial charge in [0.05, 0.1) is 11.9 Å². The molecule has 0 aliphatic carbocycles. The lowest BCUT2D eigenvalue weighted by atomic mass is 10.4. The first kappa shape index (κ1) is 6.10. The molecule has 1 rings (SSSR count). The molecule has 1 heterocycles. The third-order valence-corrected chi connectivity index (χ3v) is 1.07. The first-order valence-electron chi connectivity index (χ1n) is 2.33. The van der Waals surface area contributed by atoms with Crippen LogP contribution in [-0.4, -0.2) is 9.19 Å². The van der Waals surface area contributed by atoms with E-state index in [1.807, 2.05) is 0 Å². The van der Waals surface area contributed by atoms with Crippen LogP contribution in [0.5, 0.6) is 0 Å². The van der Waals surface area contributed by atoms with E-state index in [9.17, 15) is 4.21 Å². The minimum atomic E-state index is 0.190. The summed E-state index contributed by atoms with van der Waals surface area (Å²) in [6, 6.07) is 3.45. The van der Waals surface area contributed by atoms with Gasteiger partial charge in [0.15, 0.2) is 0 Å². The highest BCUT2D eigenvalue weighted by atomic mass is 32.1. The molecule has 0 aliphatic rings. The summed E-state index contributed by atoms with van der Waals surface area (Å²) >= 11 is 0.190. The molecule has 1 aromatic heterocycles. The second-order valence-electron chi connectivity index (χ2n) is 1.38. The van der Waals surface area contributed by atoms with Crippen molar-refractivity contribution in [1.82, 2.24) is 4.98 Å². The molecule has 9 heavy (non-hydrogen) atoms. The van der Waals surface area contributed by atoms with Crippen molar-refractivity contribution in [3.8, 4) is 0 Å². The van der Waals surface area contributed by atoms with E-state index in [2.05, 4.69) is 9.35 Å². The smallest absolute Gasteiger partial charge is 0.205 e. The predicted octanol–water partition coefficient (Wildman–Crippen LogP) is 1.11. The molecule has 46 valence electrons. The van der Waals surface area contributed by atoms with E-state index in [0.717, 1.165) is 0 Å². The van der Waals surface area contributed by atoms with E-state index < -0.39 is 0 Å². The first-order chi connectivity index (χ1) is 4.43. The highest BCUT2D eigenvalue weighted by Crippen LogP contribution is 2.05. The fraction of sp³-hybridized carbons (Fsp3) is 0. The number of nitrogens with zero attached hydrogens (tertiary/aromatic N) is 2. The maximum Gasteiger partial charge on any atom is 0.205 e. The lowest BCUT2D eigenvalue weighted by Gasteiger charge is -1.82. The van der Waals surface area contributed by atoms with Crippen LogP contribution in [0.3, 0.4) is 0 Å². The molecule has 0 spiro atoms. The van der Waals surface area contributed by atoms with Crippen LogP contribution in [0.25, 0.3) is 0 Å². The Morgan fingerprint density at radius 1 is 1.67 bits per heavy atom. The zero-order chi connectivity index (χ0) is 6.53. The molecule has 0 fully saturated rings. The molecule has 0 amide bonds. The van der Waals surface area contributed by atoms with Gasteiger partial charge in [-0.2, -0.15) is 8.57 Å². The van der Waals surface area contributed by atoms with Crippen molar-refractivity contribution >= 4 is 17.2 Å². The molecule has 0 N–H and O–H groups in total. The molecular weight excluding hydrogens is 136 g/mol. The standard InChI is InChI=1S/C5H4N2OS/c8-9-7-5-2-1-3-6-4-5/h1-4H. The zero-order valence-electron chi connectivity index (χ0n) is 4.52. The average Bonchev–Trinajstić information content (AvgIpc) is 1.91. The maximum atomic E-state index is 9.82. The summed E-state index contributed by atoms with van der Waals surface area (Å²) in [6.07, 6.45) is 3.17. The Morgan fingerprint density at radius 3 is 3.11 bits per heavy atom. The fourth-order valence-corrected chi connectivity index (χ4v) is 0.645. The average molecular weight is 140 g/mol. The van der Waals surface area contributed by atoms with Crippen LogP contribution in [-0.2, 0) is 11.5 Å². The Morgan fingerprint density at radius 2 is 2.56 bits per heavy atom. The van der Waals surface area contributed by atoms with E-state index in [-0.39, 0.29) is 11.5 Å². The van der Waals surface area contributed by atoms with Gasteiger partial charge in [-0.25, -0.2) is 0 Å². The maximum absolute atomic E-state index is 9.82. The molecule has 0 radical (unpaired) electrons. The van der Waals surface area contributed by atoms with Gasteiger partial charge in [-0.05, 0) is 12.1 Å². The van der Waals surface area contributed by atoms with Gasteiger partial charge in [0.1, 0.15) is 0 Å². The second-order valence-corrected chi connectivity index (χ2v) is 1.71. The molecule has 0 aliphatic heterocycles. The predicted molar refractivity (Wildman–Crippen MR) is 34.5 cm³/mol. The molecule has 1 aromatic rings. The van der Waals surface area contributed by atoms with Gasteiger partial charge >= 0.3 is 0 Å². The minimum absolute atomic E-state index is 0.190. The molecule has 0 bridgehead atoms. The highest BCUT2D eigenvalue weighted by molar-refractivity contribution is 7.54. The molecule has 0 saturated heterocycles. The van der Waals surface area contributed by atoms with Gasteiger partial charge in [0.2, 0.25) is 11.5 Å². The number of aromatic nitrogens is 1. The van der Waals surface area contributed by atoms with Crippen molar-refractivity contribution in [3.63, 3.8) is 0 Å². The van der Waals surface area contributed by atoms with Gasteiger partial charge in [0.25, 0.3) is 0 Å². The normalized spacial score (nSPS) is 8.44. The Labute approximate surface area is 56.0 Å². The summed E-state index contributed by atoms with van der Waals surface area (Å²) in [4.78, 5) is 3.76. The van der Waals surface area contributed by atoms with Gasteiger partial charge < -0.3 is 0 Å². The van der Waals surface area contributed by atoms with Crippen LogP contribution in [0.15, 0.2) is 28.9 Å². The minimum Gasteiger partial charge on any atom is -0.262 e. The molecule has 0 unspecified atom stereocenters. The summed E-state index contributed by atoms with van der Waals surface area (Å²) in [5, 5.41) is 0. The summed E-state index contributed by atoms with van der Waals surface area (Å²) in [7, 11) is 0. The molecule has 0 saturated carbocycles. The van der Waals surface area contributed by atoms with Crippen molar-refractivity contribution in [2.75, 3.05) is 0 Å². The van der Waals surface area contributed by atoms with Gasteiger partial charge in [-0.15, -0.1) is 0 Å². The van der Waals surface area contributed by atoms with Crippen LogP contribution in [0.2, 0.25) is 0 Å². The molecule has 3 nitrogen and oxygen atoms in total. The number of hydrogen-bond donors (Lipinski definition) is 0. The largest absolute Gasteiger partial charge is 0.262 e. The monoisotopic (exact) mass is 140 g/mol. The van der Waals surface area contributed by atoms with Crippen molar-refractivity contribution in [2.24, 2.45) is 4.36 Å². The van der Waals surface area contributed by atoms with Crippen molar-refractivity contribution in [1.29, 1.82) is 0 Å². The zero-order valence-corrected chi connectivity index (χ0v) is 5.34. The summed E-state index contributed by atoms with van der Waals surface area (Å²) in [6.45, 7) is 0. The van der Waals surface area contributed by atoms with Crippen molar-refractivity contribution in [2.45, 2.75) is 0 Å². The topological polar surface area (TPSA) is 42.3 Å². The second kappa shape index (κ2) is 3.09. The number of hydrogen-bond acceptors (Lipinski definition) is 3. The van der Waals surface area contributed by atoms with Crippen molar-refractivity contribution < 1.29 is 4.21 Å². The van der Waals surface area contributed by atoms with E-state index in [1.165, 1.54) is 6.20 Å². The SMILES string of the molecule is O=S=Nc1cccnc1. The fourth-order valence-electron chi connectivity index (χ4n) is 0.451. The summed E-state index contributed by atoms with van der Waals surface area (Å²) in [5.41, 5.74) is 0.609. The lowest BCUT2D eigenvalue weighted by molar-refractivity contribution is 0.698. The first-order valence-corrected chi connectivity index (χ1v) is 3.03. The van der Waals surface area contributed by atoms with Crippen LogP contribution >= 0.6 is 0 Å². The Balaban J connectivity index is 2.97.